The molecule has 0 spiro atoms. The van der Waals surface area contributed by atoms with Gasteiger partial charge in [0.1, 0.15) is 0 Å². The number of halogens is 1. The topological polar surface area (TPSA) is 80.4 Å². The van der Waals surface area contributed by atoms with Crippen LogP contribution >= 0.6 is 11.6 Å². The van der Waals surface area contributed by atoms with Crippen LogP contribution in [0.2, 0.25) is 5.02 Å². The van der Waals surface area contributed by atoms with E-state index in [1.165, 1.54) is 12.1 Å². The zero-order valence-corrected chi connectivity index (χ0v) is 9.07. The van der Waals surface area contributed by atoms with Crippen LogP contribution in [-0.2, 0) is 4.79 Å². The predicted molar refractivity (Wildman–Crippen MR) is 61.3 cm³/mol. The molecule has 3 N–H and O–H groups in total. The van der Waals surface area contributed by atoms with Gasteiger partial charge in [-0.1, -0.05) is 35.9 Å². The SMILES string of the molecule is NC(=O)CC=Cc1cccc(C(=O)O)c1Cl. The van der Waals surface area contributed by atoms with Crippen molar-refractivity contribution in [3.63, 3.8) is 0 Å². The molecule has 0 aliphatic heterocycles. The van der Waals surface area contributed by atoms with Crippen molar-refractivity contribution in [1.82, 2.24) is 0 Å². The van der Waals surface area contributed by atoms with Crippen LogP contribution in [0.25, 0.3) is 6.08 Å². The number of benzene rings is 1. The summed E-state index contributed by atoms with van der Waals surface area (Å²) in [6.45, 7) is 0. The van der Waals surface area contributed by atoms with Gasteiger partial charge in [-0.3, -0.25) is 4.79 Å². The molecule has 0 atom stereocenters. The van der Waals surface area contributed by atoms with Gasteiger partial charge in [0.15, 0.2) is 0 Å². The average molecular weight is 240 g/mol. The summed E-state index contributed by atoms with van der Waals surface area (Å²) in [4.78, 5) is 21.3. The lowest BCUT2D eigenvalue weighted by Crippen LogP contribution is -2.07. The molecule has 4 nitrogen and oxygen atoms in total. The fraction of sp³-hybridized carbons (Fsp3) is 0.0909. The fourth-order valence-electron chi connectivity index (χ4n) is 1.15. The van der Waals surface area contributed by atoms with Crippen LogP contribution in [0.5, 0.6) is 0 Å². The molecule has 0 aliphatic carbocycles. The number of hydrogen-bond donors (Lipinski definition) is 2. The van der Waals surface area contributed by atoms with E-state index in [-0.39, 0.29) is 17.0 Å². The predicted octanol–water partition coefficient (Wildman–Crippen LogP) is 1.93. The fourth-order valence-corrected chi connectivity index (χ4v) is 1.42. The third-order valence-corrected chi connectivity index (χ3v) is 2.30. The van der Waals surface area contributed by atoms with E-state index in [9.17, 15) is 9.59 Å². The molecule has 0 heterocycles. The van der Waals surface area contributed by atoms with Gasteiger partial charge in [0.05, 0.1) is 10.6 Å². The second-order valence-corrected chi connectivity index (χ2v) is 3.46. The Morgan fingerprint density at radius 3 is 2.69 bits per heavy atom. The maximum Gasteiger partial charge on any atom is 0.337 e. The Morgan fingerprint density at radius 1 is 1.44 bits per heavy atom. The molecule has 0 radical (unpaired) electrons. The number of carbonyl (C=O) groups is 2. The molecule has 0 aromatic heterocycles. The summed E-state index contributed by atoms with van der Waals surface area (Å²) in [5.74, 6) is -1.54. The zero-order valence-electron chi connectivity index (χ0n) is 8.31. The number of amides is 1. The van der Waals surface area contributed by atoms with Gasteiger partial charge in [-0.15, -0.1) is 0 Å². The number of primary amides is 1. The van der Waals surface area contributed by atoms with Crippen molar-refractivity contribution in [3.05, 3.63) is 40.4 Å². The normalized spacial score (nSPS) is 10.6. The van der Waals surface area contributed by atoms with Crippen molar-refractivity contribution in [2.75, 3.05) is 0 Å². The smallest absolute Gasteiger partial charge is 0.337 e. The lowest BCUT2D eigenvalue weighted by molar-refractivity contribution is -0.117. The third kappa shape index (κ3) is 3.10. The summed E-state index contributed by atoms with van der Waals surface area (Å²) in [5.41, 5.74) is 5.53. The maximum atomic E-state index is 10.8. The number of nitrogens with two attached hydrogens (primary N) is 1. The van der Waals surface area contributed by atoms with Gasteiger partial charge < -0.3 is 10.8 Å². The summed E-state index contributed by atoms with van der Waals surface area (Å²) in [6.07, 6.45) is 3.20. The molecule has 0 saturated heterocycles. The number of aromatic carboxylic acids is 1. The van der Waals surface area contributed by atoms with E-state index in [1.54, 1.807) is 18.2 Å². The van der Waals surface area contributed by atoms with Gasteiger partial charge in [-0.05, 0) is 11.6 Å². The van der Waals surface area contributed by atoms with E-state index in [2.05, 4.69) is 0 Å². The number of hydrogen-bond acceptors (Lipinski definition) is 2. The molecule has 0 unspecified atom stereocenters. The number of carboxylic acids is 1. The standard InChI is InChI=1S/C11H10ClNO3/c12-10-7(4-2-6-9(13)14)3-1-5-8(10)11(15)16/h1-5H,6H2,(H2,13,14)(H,15,16). The second kappa shape index (κ2) is 5.32. The first-order valence-electron chi connectivity index (χ1n) is 4.49. The summed E-state index contributed by atoms with van der Waals surface area (Å²) in [5, 5.41) is 8.97. The van der Waals surface area contributed by atoms with E-state index < -0.39 is 11.9 Å². The van der Waals surface area contributed by atoms with E-state index >= 15 is 0 Å². The quantitative estimate of drug-likeness (QED) is 0.842. The molecule has 1 amide bonds. The summed E-state index contributed by atoms with van der Waals surface area (Å²) in [7, 11) is 0. The van der Waals surface area contributed by atoms with Crippen LogP contribution in [0.15, 0.2) is 24.3 Å². The van der Waals surface area contributed by atoms with Gasteiger partial charge >= 0.3 is 5.97 Å². The van der Waals surface area contributed by atoms with Gasteiger partial charge in [0.25, 0.3) is 0 Å². The molecule has 84 valence electrons. The van der Waals surface area contributed by atoms with Crippen LogP contribution in [0.1, 0.15) is 22.3 Å². The lowest BCUT2D eigenvalue weighted by atomic mass is 10.1. The average Bonchev–Trinajstić information content (AvgIpc) is 2.19. The number of carbonyl (C=O) groups excluding carboxylic acids is 1. The van der Waals surface area contributed by atoms with Gasteiger partial charge in [0, 0.05) is 6.42 Å². The highest BCUT2D eigenvalue weighted by molar-refractivity contribution is 6.34. The van der Waals surface area contributed by atoms with Crippen molar-refractivity contribution < 1.29 is 14.7 Å². The van der Waals surface area contributed by atoms with E-state index in [4.69, 9.17) is 22.4 Å². The molecule has 1 aromatic carbocycles. The van der Waals surface area contributed by atoms with Crippen LogP contribution in [0.3, 0.4) is 0 Å². The molecule has 0 saturated carbocycles. The van der Waals surface area contributed by atoms with Gasteiger partial charge in [-0.25, -0.2) is 4.79 Å². The van der Waals surface area contributed by atoms with Crippen molar-refractivity contribution in [2.45, 2.75) is 6.42 Å². The van der Waals surface area contributed by atoms with Crippen LogP contribution in [0.4, 0.5) is 0 Å². The van der Waals surface area contributed by atoms with E-state index in [0.29, 0.717) is 5.56 Å². The summed E-state index contributed by atoms with van der Waals surface area (Å²) in [6, 6.07) is 4.65. The number of rotatable bonds is 4. The summed E-state index contributed by atoms with van der Waals surface area (Å²) >= 11 is 5.87. The van der Waals surface area contributed by atoms with Gasteiger partial charge in [0.2, 0.25) is 5.91 Å². The Morgan fingerprint density at radius 2 is 2.12 bits per heavy atom. The third-order valence-electron chi connectivity index (χ3n) is 1.88. The highest BCUT2D eigenvalue weighted by atomic mass is 35.5. The zero-order chi connectivity index (χ0) is 12.1. The Balaban J connectivity index is 2.97. The molecule has 0 bridgehead atoms. The van der Waals surface area contributed by atoms with Crippen molar-refractivity contribution in [1.29, 1.82) is 0 Å². The first-order chi connectivity index (χ1) is 7.52. The Labute approximate surface area is 97.3 Å². The first-order valence-corrected chi connectivity index (χ1v) is 4.87. The molecular weight excluding hydrogens is 230 g/mol. The first kappa shape index (κ1) is 12.3. The molecule has 1 aromatic rings. The highest BCUT2D eigenvalue weighted by Gasteiger charge is 2.09. The van der Waals surface area contributed by atoms with E-state index in [0.717, 1.165) is 0 Å². The monoisotopic (exact) mass is 239 g/mol. The minimum absolute atomic E-state index is 0.0305. The summed E-state index contributed by atoms with van der Waals surface area (Å²) < 4.78 is 0. The maximum absolute atomic E-state index is 10.8. The van der Waals surface area contributed by atoms with Crippen LogP contribution in [0, 0.1) is 0 Å². The minimum Gasteiger partial charge on any atom is -0.478 e. The molecule has 5 heteroatoms. The molecule has 0 fully saturated rings. The van der Waals surface area contributed by atoms with Crippen LogP contribution in [-0.4, -0.2) is 17.0 Å². The second-order valence-electron chi connectivity index (χ2n) is 3.09. The molecule has 0 aliphatic rings. The van der Waals surface area contributed by atoms with Crippen molar-refractivity contribution in [3.8, 4) is 0 Å². The Kier molecular flexibility index (Phi) is 4.08. The van der Waals surface area contributed by atoms with Gasteiger partial charge in [-0.2, -0.15) is 0 Å². The number of carboxylic acid groups (broad SMARTS) is 1. The van der Waals surface area contributed by atoms with Crippen molar-refractivity contribution >= 4 is 29.6 Å². The molecule has 1 rings (SSSR count). The largest absolute Gasteiger partial charge is 0.478 e. The Hall–Kier alpha value is -1.81. The van der Waals surface area contributed by atoms with Crippen LogP contribution < -0.4 is 5.73 Å². The lowest BCUT2D eigenvalue weighted by Gasteiger charge is -2.01. The van der Waals surface area contributed by atoms with E-state index in [1.807, 2.05) is 0 Å². The molecule has 16 heavy (non-hydrogen) atoms. The Bertz CT molecular complexity index is 455. The molecular formula is C11H10ClNO3. The minimum atomic E-state index is -1.09. The van der Waals surface area contributed by atoms with Crippen molar-refractivity contribution in [2.24, 2.45) is 5.73 Å². The highest BCUT2D eigenvalue weighted by Crippen LogP contribution is 2.22.